The summed E-state index contributed by atoms with van der Waals surface area (Å²) in [5, 5.41) is 0. The van der Waals surface area contributed by atoms with Crippen LogP contribution in [-0.2, 0) is 6.54 Å². The van der Waals surface area contributed by atoms with E-state index in [1.54, 1.807) is 12.3 Å². The van der Waals surface area contributed by atoms with Crippen LogP contribution in [0, 0.1) is 0 Å². The number of carbonyl (C=O) groups excluding carboxylic acids is 1. The van der Waals surface area contributed by atoms with Gasteiger partial charge in [0, 0.05) is 31.7 Å². The van der Waals surface area contributed by atoms with E-state index in [4.69, 9.17) is 9.40 Å². The molecule has 1 saturated heterocycles. The van der Waals surface area contributed by atoms with Crippen molar-refractivity contribution in [3.8, 4) is 0 Å². The van der Waals surface area contributed by atoms with Crippen molar-refractivity contribution < 1.29 is 9.21 Å². The van der Waals surface area contributed by atoms with Crippen LogP contribution in [-0.4, -0.2) is 38.4 Å². The average molecular weight is 310 g/mol. The Hall–Kier alpha value is -2.63. The Morgan fingerprint density at radius 1 is 1.43 bits per heavy atom. The minimum Gasteiger partial charge on any atom is -0.472 e. The molecule has 1 atom stereocenters. The highest BCUT2D eigenvalue weighted by molar-refractivity contribution is 5.94. The quantitative estimate of drug-likeness (QED) is 0.746. The van der Waals surface area contributed by atoms with Crippen LogP contribution in [0.4, 0.5) is 0 Å². The summed E-state index contributed by atoms with van der Waals surface area (Å²) < 4.78 is 7.17. The summed E-state index contributed by atoms with van der Waals surface area (Å²) in [6, 6.07) is 5.60. The van der Waals surface area contributed by atoms with E-state index in [-0.39, 0.29) is 11.8 Å². The molecule has 6 nitrogen and oxygen atoms in total. The van der Waals surface area contributed by atoms with E-state index in [0.29, 0.717) is 12.1 Å². The highest BCUT2D eigenvalue weighted by Crippen LogP contribution is 2.29. The van der Waals surface area contributed by atoms with E-state index in [1.165, 1.54) is 12.5 Å². The predicted molar refractivity (Wildman–Crippen MR) is 85.2 cm³/mol. The topological polar surface area (TPSA) is 64.2 Å². The zero-order valence-electron chi connectivity index (χ0n) is 13.0. The number of carbonyl (C=O) groups is 1. The Bertz CT molecular complexity index is 838. The van der Waals surface area contributed by atoms with Gasteiger partial charge in [0.1, 0.15) is 17.6 Å². The van der Waals surface area contributed by atoms with Gasteiger partial charge in [0.15, 0.2) is 5.65 Å². The minimum absolute atomic E-state index is 0.0264. The Labute approximate surface area is 133 Å². The van der Waals surface area contributed by atoms with Gasteiger partial charge in [0.05, 0.1) is 11.8 Å². The van der Waals surface area contributed by atoms with Crippen LogP contribution in [0.25, 0.3) is 11.2 Å². The zero-order valence-corrected chi connectivity index (χ0v) is 13.0. The number of aryl methyl sites for hydroxylation is 1. The molecule has 4 heterocycles. The molecule has 0 unspecified atom stereocenters. The fourth-order valence-electron chi connectivity index (χ4n) is 3.32. The molecule has 0 saturated carbocycles. The predicted octanol–water partition coefficient (Wildman–Crippen LogP) is 2.67. The molecule has 1 aliphatic rings. The second-order valence-corrected chi connectivity index (χ2v) is 5.81. The minimum atomic E-state index is 0.0264. The molecule has 0 bridgehead atoms. The molecule has 0 N–H and O–H groups in total. The SMILES string of the molecule is CCn1c([C@@H]2CCN(C(=O)c3ccoc3)C2)nc2cccnc21. The molecule has 3 aromatic rings. The van der Waals surface area contributed by atoms with Crippen LogP contribution in [0.2, 0.25) is 0 Å². The van der Waals surface area contributed by atoms with Gasteiger partial charge in [-0.05, 0) is 31.5 Å². The Morgan fingerprint density at radius 3 is 3.13 bits per heavy atom. The van der Waals surface area contributed by atoms with Crippen LogP contribution in [0.3, 0.4) is 0 Å². The van der Waals surface area contributed by atoms with E-state index in [9.17, 15) is 4.79 Å². The van der Waals surface area contributed by atoms with Crippen molar-refractivity contribution in [3.63, 3.8) is 0 Å². The molecule has 4 rings (SSSR count). The van der Waals surface area contributed by atoms with Gasteiger partial charge in [0.2, 0.25) is 0 Å². The summed E-state index contributed by atoms with van der Waals surface area (Å²) in [6.07, 6.45) is 5.75. The molecule has 1 amide bonds. The lowest BCUT2D eigenvalue weighted by Crippen LogP contribution is -2.28. The summed E-state index contributed by atoms with van der Waals surface area (Å²) >= 11 is 0. The number of hydrogen-bond donors (Lipinski definition) is 0. The molecule has 0 aromatic carbocycles. The highest BCUT2D eigenvalue weighted by Gasteiger charge is 2.31. The van der Waals surface area contributed by atoms with Crippen molar-refractivity contribution in [1.82, 2.24) is 19.4 Å². The third kappa shape index (κ3) is 2.30. The fraction of sp³-hybridized carbons (Fsp3) is 0.353. The second kappa shape index (κ2) is 5.53. The maximum absolute atomic E-state index is 12.4. The molecule has 0 spiro atoms. The molecule has 3 aromatic heterocycles. The van der Waals surface area contributed by atoms with Gasteiger partial charge in [-0.2, -0.15) is 0 Å². The average Bonchev–Trinajstić information content (AvgIpc) is 3.31. The van der Waals surface area contributed by atoms with Crippen LogP contribution < -0.4 is 0 Å². The molecular formula is C17H18N4O2. The largest absolute Gasteiger partial charge is 0.472 e. The van der Waals surface area contributed by atoms with E-state index >= 15 is 0 Å². The van der Waals surface area contributed by atoms with Crippen molar-refractivity contribution in [3.05, 3.63) is 48.3 Å². The van der Waals surface area contributed by atoms with Gasteiger partial charge in [-0.25, -0.2) is 9.97 Å². The van der Waals surface area contributed by atoms with Gasteiger partial charge in [-0.15, -0.1) is 0 Å². The van der Waals surface area contributed by atoms with Gasteiger partial charge >= 0.3 is 0 Å². The van der Waals surface area contributed by atoms with Gasteiger partial charge < -0.3 is 13.9 Å². The van der Waals surface area contributed by atoms with Crippen molar-refractivity contribution >= 4 is 17.1 Å². The molecule has 6 heteroatoms. The third-order valence-electron chi connectivity index (χ3n) is 4.46. The normalized spacial score (nSPS) is 18.0. The lowest BCUT2D eigenvalue weighted by atomic mass is 10.1. The molecule has 0 aliphatic carbocycles. The monoisotopic (exact) mass is 310 g/mol. The number of pyridine rings is 1. The lowest BCUT2D eigenvalue weighted by Gasteiger charge is -2.16. The number of hydrogen-bond acceptors (Lipinski definition) is 4. The number of fused-ring (bicyclic) bond motifs is 1. The van der Waals surface area contributed by atoms with E-state index in [1.807, 2.05) is 17.0 Å². The Kier molecular flexibility index (Phi) is 3.37. The molecule has 1 fully saturated rings. The molecule has 1 aliphatic heterocycles. The number of nitrogens with zero attached hydrogens (tertiary/aromatic N) is 4. The molecular weight excluding hydrogens is 292 g/mol. The summed E-state index contributed by atoms with van der Waals surface area (Å²) in [5.74, 6) is 1.31. The van der Waals surface area contributed by atoms with Gasteiger partial charge in [-0.1, -0.05) is 0 Å². The van der Waals surface area contributed by atoms with Crippen molar-refractivity contribution in [2.45, 2.75) is 25.8 Å². The van der Waals surface area contributed by atoms with Crippen LogP contribution in [0.5, 0.6) is 0 Å². The standard InChI is InChI=1S/C17H18N4O2/c1-2-21-15(19-14-4-3-7-18-16(14)21)12-5-8-20(10-12)17(22)13-6-9-23-11-13/h3-4,6-7,9,11-12H,2,5,8,10H2,1H3/t12-/m1/s1. The fourth-order valence-corrected chi connectivity index (χ4v) is 3.32. The van der Waals surface area contributed by atoms with Crippen molar-refractivity contribution in [1.29, 1.82) is 0 Å². The zero-order chi connectivity index (χ0) is 15.8. The van der Waals surface area contributed by atoms with Crippen LogP contribution >= 0.6 is 0 Å². The summed E-state index contributed by atoms with van der Waals surface area (Å²) in [4.78, 5) is 23.5. The van der Waals surface area contributed by atoms with E-state index in [0.717, 1.165) is 36.5 Å². The summed E-state index contributed by atoms with van der Waals surface area (Å²) in [6.45, 7) is 4.36. The Morgan fingerprint density at radius 2 is 2.35 bits per heavy atom. The first-order chi connectivity index (χ1) is 11.3. The molecule has 0 radical (unpaired) electrons. The number of imidazole rings is 1. The maximum Gasteiger partial charge on any atom is 0.257 e. The van der Waals surface area contributed by atoms with Crippen molar-refractivity contribution in [2.24, 2.45) is 0 Å². The van der Waals surface area contributed by atoms with E-state index in [2.05, 4.69) is 16.5 Å². The number of amides is 1. The molecule has 118 valence electrons. The van der Waals surface area contributed by atoms with Crippen LogP contribution in [0.15, 0.2) is 41.3 Å². The van der Waals surface area contributed by atoms with Gasteiger partial charge in [-0.3, -0.25) is 4.79 Å². The highest BCUT2D eigenvalue weighted by atomic mass is 16.3. The van der Waals surface area contributed by atoms with Gasteiger partial charge in [0.25, 0.3) is 5.91 Å². The maximum atomic E-state index is 12.4. The Balaban J connectivity index is 1.61. The first-order valence-corrected chi connectivity index (χ1v) is 7.90. The number of aromatic nitrogens is 3. The van der Waals surface area contributed by atoms with Crippen molar-refractivity contribution in [2.75, 3.05) is 13.1 Å². The number of rotatable bonds is 3. The summed E-state index contributed by atoms with van der Waals surface area (Å²) in [5.41, 5.74) is 2.45. The second-order valence-electron chi connectivity index (χ2n) is 5.81. The first-order valence-electron chi connectivity index (χ1n) is 7.90. The van der Waals surface area contributed by atoms with E-state index < -0.39 is 0 Å². The summed E-state index contributed by atoms with van der Waals surface area (Å²) in [7, 11) is 0. The molecule has 23 heavy (non-hydrogen) atoms. The lowest BCUT2D eigenvalue weighted by molar-refractivity contribution is 0.0789. The van der Waals surface area contributed by atoms with Crippen LogP contribution in [0.1, 0.15) is 35.4 Å². The smallest absolute Gasteiger partial charge is 0.257 e. The third-order valence-corrected chi connectivity index (χ3v) is 4.46. The number of furan rings is 1. The number of likely N-dealkylation sites (tertiary alicyclic amines) is 1. The first kappa shape index (κ1) is 14.0.